The number of amides is 1. The van der Waals surface area contributed by atoms with Crippen LogP contribution in [0.4, 0.5) is 0 Å². The van der Waals surface area contributed by atoms with E-state index in [0.29, 0.717) is 0 Å². The summed E-state index contributed by atoms with van der Waals surface area (Å²) in [4.78, 5) is 12.5. The quantitative estimate of drug-likeness (QED) is 0.751. The maximum atomic E-state index is 12.5. The number of nitrogens with one attached hydrogen (secondary N) is 1. The number of hydrogen-bond acceptors (Lipinski definition) is 1. The van der Waals surface area contributed by atoms with Crippen molar-refractivity contribution in [2.45, 2.75) is 71.8 Å². The van der Waals surface area contributed by atoms with Crippen LogP contribution in [0.3, 0.4) is 0 Å². The van der Waals surface area contributed by atoms with Gasteiger partial charge in [-0.05, 0) is 49.1 Å². The lowest BCUT2D eigenvalue weighted by atomic mass is 9.87. The van der Waals surface area contributed by atoms with Crippen molar-refractivity contribution in [3.8, 4) is 0 Å². The van der Waals surface area contributed by atoms with Crippen LogP contribution in [0.25, 0.3) is 0 Å². The summed E-state index contributed by atoms with van der Waals surface area (Å²) in [5.41, 5.74) is 2.73. The van der Waals surface area contributed by atoms with Crippen LogP contribution in [0.2, 0.25) is 0 Å². The van der Waals surface area contributed by atoms with Crippen molar-refractivity contribution in [2.75, 3.05) is 0 Å². The molecule has 0 aromatic heterocycles. The molecule has 0 spiro atoms. The van der Waals surface area contributed by atoms with E-state index in [1.54, 1.807) is 0 Å². The number of hydrogen-bond donors (Lipinski definition) is 1. The maximum absolute atomic E-state index is 12.5. The number of aryl methyl sites for hydroxylation is 1. The van der Waals surface area contributed by atoms with Gasteiger partial charge in [-0.25, -0.2) is 0 Å². The van der Waals surface area contributed by atoms with Gasteiger partial charge in [0.2, 0.25) is 5.91 Å². The van der Waals surface area contributed by atoms with E-state index in [9.17, 15) is 4.79 Å². The predicted octanol–water partition coefficient (Wildman–Crippen LogP) is 5.03. The summed E-state index contributed by atoms with van der Waals surface area (Å²) in [5.74, 6) is 1.08. The van der Waals surface area contributed by atoms with Crippen LogP contribution in [0.5, 0.6) is 0 Å². The van der Waals surface area contributed by atoms with Crippen LogP contribution in [-0.2, 0) is 11.2 Å². The topological polar surface area (TPSA) is 29.1 Å². The minimum atomic E-state index is 0.119. The van der Waals surface area contributed by atoms with Gasteiger partial charge in [0, 0.05) is 5.92 Å². The van der Waals surface area contributed by atoms with Crippen molar-refractivity contribution in [2.24, 2.45) is 11.8 Å². The molecule has 1 amide bonds. The molecule has 1 N–H and O–H groups in total. The first-order valence-corrected chi connectivity index (χ1v) is 9.00. The van der Waals surface area contributed by atoms with E-state index in [4.69, 9.17) is 0 Å². The molecule has 0 fully saturated rings. The van der Waals surface area contributed by atoms with E-state index in [1.807, 2.05) is 0 Å². The summed E-state index contributed by atoms with van der Waals surface area (Å²) in [6.07, 6.45) is 8.05. The van der Waals surface area contributed by atoms with Gasteiger partial charge in [0.25, 0.3) is 0 Å². The molecule has 2 heteroatoms. The Hall–Kier alpha value is -1.31. The first-order chi connectivity index (χ1) is 10.6. The lowest BCUT2D eigenvalue weighted by molar-refractivity contribution is -0.125. The second-order valence-electron chi connectivity index (χ2n) is 7.02. The second kappa shape index (κ2) is 8.36. The molecule has 122 valence electrons. The molecule has 0 saturated heterocycles. The Labute approximate surface area is 135 Å². The summed E-state index contributed by atoms with van der Waals surface area (Å²) in [6, 6.07) is 8.77. The van der Waals surface area contributed by atoms with Crippen molar-refractivity contribution in [1.82, 2.24) is 5.32 Å². The van der Waals surface area contributed by atoms with Gasteiger partial charge in [0.05, 0.1) is 6.04 Å². The van der Waals surface area contributed by atoms with E-state index in [1.165, 1.54) is 30.4 Å². The normalized spacial score (nSPS) is 20.0. The zero-order valence-electron chi connectivity index (χ0n) is 14.4. The van der Waals surface area contributed by atoms with Crippen LogP contribution >= 0.6 is 0 Å². The minimum absolute atomic E-state index is 0.119. The van der Waals surface area contributed by atoms with E-state index in [-0.39, 0.29) is 17.9 Å². The van der Waals surface area contributed by atoms with Crippen LogP contribution in [-0.4, -0.2) is 5.91 Å². The van der Waals surface area contributed by atoms with E-state index >= 15 is 0 Å². The fourth-order valence-corrected chi connectivity index (χ4v) is 3.52. The highest BCUT2D eigenvalue weighted by Crippen LogP contribution is 2.30. The van der Waals surface area contributed by atoms with Gasteiger partial charge in [-0.3, -0.25) is 4.79 Å². The Kier molecular flexibility index (Phi) is 6.48. The standard InChI is InChI=1S/C20H31NO/c1-4-8-15(2)13-14-16(3)20(22)21-19-12-7-10-17-9-5-6-11-18(17)19/h5-6,9,11,15-16,19H,4,7-8,10,12-14H2,1-3H3,(H,21,22). The highest BCUT2D eigenvalue weighted by atomic mass is 16.1. The van der Waals surface area contributed by atoms with Gasteiger partial charge in [-0.15, -0.1) is 0 Å². The monoisotopic (exact) mass is 301 g/mol. The number of fused-ring (bicyclic) bond motifs is 1. The van der Waals surface area contributed by atoms with Gasteiger partial charge in [0.1, 0.15) is 0 Å². The third-order valence-electron chi connectivity index (χ3n) is 5.01. The van der Waals surface area contributed by atoms with Gasteiger partial charge in [-0.2, -0.15) is 0 Å². The van der Waals surface area contributed by atoms with Gasteiger partial charge in [-0.1, -0.05) is 57.9 Å². The molecule has 1 aromatic rings. The zero-order valence-corrected chi connectivity index (χ0v) is 14.4. The largest absolute Gasteiger partial charge is 0.349 e. The van der Waals surface area contributed by atoms with E-state index < -0.39 is 0 Å². The highest BCUT2D eigenvalue weighted by Gasteiger charge is 2.23. The maximum Gasteiger partial charge on any atom is 0.223 e. The fraction of sp³-hybridized carbons (Fsp3) is 0.650. The molecule has 2 nitrogen and oxygen atoms in total. The summed E-state index contributed by atoms with van der Waals surface area (Å²) >= 11 is 0. The SMILES string of the molecule is CCCC(C)CCC(C)C(=O)NC1CCCc2ccccc21. The van der Waals surface area contributed by atoms with E-state index in [0.717, 1.165) is 31.6 Å². The molecule has 1 aliphatic carbocycles. The van der Waals surface area contributed by atoms with Crippen LogP contribution in [0, 0.1) is 11.8 Å². The molecule has 0 radical (unpaired) electrons. The summed E-state index contributed by atoms with van der Waals surface area (Å²) in [7, 11) is 0. The smallest absolute Gasteiger partial charge is 0.223 e. The molecule has 0 saturated carbocycles. The molecule has 3 atom stereocenters. The van der Waals surface area contributed by atoms with E-state index in [2.05, 4.69) is 50.4 Å². The van der Waals surface area contributed by atoms with Crippen LogP contribution in [0.15, 0.2) is 24.3 Å². The lowest BCUT2D eigenvalue weighted by Gasteiger charge is -2.27. The Bertz CT molecular complexity index is 482. The Morgan fingerprint density at radius 2 is 2.00 bits per heavy atom. The number of rotatable bonds is 7. The van der Waals surface area contributed by atoms with Gasteiger partial charge in [0.15, 0.2) is 0 Å². The van der Waals surface area contributed by atoms with Crippen LogP contribution in [0.1, 0.15) is 76.5 Å². The third kappa shape index (κ3) is 4.59. The lowest BCUT2D eigenvalue weighted by Crippen LogP contribution is -2.34. The molecule has 3 unspecified atom stereocenters. The Balaban J connectivity index is 1.87. The zero-order chi connectivity index (χ0) is 15.9. The number of benzene rings is 1. The summed E-state index contributed by atoms with van der Waals surface area (Å²) < 4.78 is 0. The Morgan fingerprint density at radius 3 is 2.77 bits per heavy atom. The molecule has 0 bridgehead atoms. The van der Waals surface area contributed by atoms with Crippen molar-refractivity contribution in [3.63, 3.8) is 0 Å². The van der Waals surface area contributed by atoms with Gasteiger partial charge >= 0.3 is 0 Å². The number of carbonyl (C=O) groups is 1. The summed E-state index contributed by atoms with van der Waals surface area (Å²) in [5, 5.41) is 3.29. The second-order valence-corrected chi connectivity index (χ2v) is 7.02. The van der Waals surface area contributed by atoms with Gasteiger partial charge < -0.3 is 5.32 Å². The molecule has 0 aliphatic heterocycles. The molecular weight excluding hydrogens is 270 g/mol. The average molecular weight is 301 g/mol. The fourth-order valence-electron chi connectivity index (χ4n) is 3.52. The highest BCUT2D eigenvalue weighted by molar-refractivity contribution is 5.78. The van der Waals surface area contributed by atoms with Crippen molar-refractivity contribution in [3.05, 3.63) is 35.4 Å². The predicted molar refractivity (Wildman–Crippen MR) is 92.7 cm³/mol. The van der Waals surface area contributed by atoms with Crippen molar-refractivity contribution in [1.29, 1.82) is 0 Å². The molecule has 1 aromatic carbocycles. The Morgan fingerprint density at radius 1 is 1.23 bits per heavy atom. The molecule has 22 heavy (non-hydrogen) atoms. The molecule has 2 rings (SSSR count). The molecule has 1 aliphatic rings. The molecular formula is C20H31NO. The molecule has 0 heterocycles. The third-order valence-corrected chi connectivity index (χ3v) is 5.01. The van der Waals surface area contributed by atoms with Crippen molar-refractivity contribution >= 4 is 5.91 Å². The van der Waals surface area contributed by atoms with Crippen molar-refractivity contribution < 1.29 is 4.79 Å². The average Bonchev–Trinajstić information content (AvgIpc) is 2.53. The number of carbonyl (C=O) groups excluding carboxylic acids is 1. The van der Waals surface area contributed by atoms with Crippen LogP contribution < -0.4 is 5.32 Å². The summed E-state index contributed by atoms with van der Waals surface area (Å²) in [6.45, 7) is 6.60. The first-order valence-electron chi connectivity index (χ1n) is 9.00. The first kappa shape index (κ1) is 17.1. The minimum Gasteiger partial charge on any atom is -0.349 e.